The maximum atomic E-state index is 14.2. The first-order chi connectivity index (χ1) is 15.1. The van der Waals surface area contributed by atoms with Gasteiger partial charge in [-0.05, 0) is 34.7 Å². The van der Waals surface area contributed by atoms with Gasteiger partial charge in [-0.25, -0.2) is 12.9 Å². The number of carbonyl (C=O) groups excluding carboxylic acids is 1. The van der Waals surface area contributed by atoms with Crippen LogP contribution in [0.15, 0.2) is 48.7 Å². The number of hydrogen-bond acceptors (Lipinski definition) is 3. The molecule has 2 heterocycles. The number of aromatic nitrogens is 1. The fraction of sp³-hybridized carbons (Fsp3) is 0.360. The van der Waals surface area contributed by atoms with Crippen molar-refractivity contribution in [3.63, 3.8) is 0 Å². The molecule has 1 amide bonds. The molecule has 0 spiro atoms. The van der Waals surface area contributed by atoms with Crippen LogP contribution in [0.1, 0.15) is 36.7 Å². The van der Waals surface area contributed by atoms with Crippen molar-refractivity contribution in [2.75, 3.05) is 32.4 Å². The van der Waals surface area contributed by atoms with Gasteiger partial charge in [0, 0.05) is 49.6 Å². The number of benzene rings is 2. The second-order valence-electron chi connectivity index (χ2n) is 9.18. The Balaban J connectivity index is 1.80. The Kier molecular flexibility index (Phi) is 6.14. The minimum Gasteiger partial charge on any atom is -0.336 e. The zero-order valence-corrected chi connectivity index (χ0v) is 19.7. The van der Waals surface area contributed by atoms with Crippen LogP contribution >= 0.6 is 0 Å². The van der Waals surface area contributed by atoms with E-state index >= 15 is 0 Å². The molecule has 1 saturated heterocycles. The molecule has 1 aliphatic rings. The summed E-state index contributed by atoms with van der Waals surface area (Å²) in [6.45, 7) is 8.54. The zero-order chi connectivity index (χ0) is 23.0. The molecular weight excluding hydrogens is 425 g/mol. The topological polar surface area (TPSA) is 53.5 Å². The van der Waals surface area contributed by atoms with E-state index in [1.165, 1.54) is 17.7 Å². The summed E-state index contributed by atoms with van der Waals surface area (Å²) < 4.78 is 27.8. The van der Waals surface area contributed by atoms with E-state index in [0.29, 0.717) is 48.2 Å². The maximum Gasteiger partial charge on any atom is 0.256 e. The average molecular weight is 454 g/mol. The van der Waals surface area contributed by atoms with Gasteiger partial charge in [-0.15, -0.1) is 0 Å². The molecule has 168 valence electrons. The standard InChI is InChI=1S/C25H28FN3O2S/c1-25(2,3)18-7-5-17(6-8-18)23-20-15-19(26)9-10-22(20)27-16-21(23)24(30)28-11-13-29(14-12-28)32(4)31/h5-10,15-16H,11-14H2,1-4H3. The Hall–Kier alpha value is -2.64. The number of carbonyl (C=O) groups is 1. The van der Waals surface area contributed by atoms with Crippen LogP contribution in [0.25, 0.3) is 22.0 Å². The van der Waals surface area contributed by atoms with Gasteiger partial charge in [-0.1, -0.05) is 45.0 Å². The second kappa shape index (κ2) is 8.71. The molecule has 4 rings (SSSR count). The Morgan fingerprint density at radius 3 is 2.28 bits per heavy atom. The van der Waals surface area contributed by atoms with Crippen molar-refractivity contribution in [2.45, 2.75) is 26.2 Å². The summed E-state index contributed by atoms with van der Waals surface area (Å²) in [5.74, 6) is -0.504. The molecule has 0 aliphatic carbocycles. The molecule has 7 heteroatoms. The van der Waals surface area contributed by atoms with Crippen LogP contribution in [0.4, 0.5) is 4.39 Å². The van der Waals surface area contributed by atoms with Crippen molar-refractivity contribution < 1.29 is 13.4 Å². The van der Waals surface area contributed by atoms with E-state index in [9.17, 15) is 13.4 Å². The molecule has 0 radical (unpaired) electrons. The van der Waals surface area contributed by atoms with Crippen molar-refractivity contribution >= 4 is 27.8 Å². The van der Waals surface area contributed by atoms with E-state index in [2.05, 4.69) is 37.9 Å². The maximum absolute atomic E-state index is 14.2. The predicted molar refractivity (Wildman–Crippen MR) is 127 cm³/mol. The number of piperazine rings is 1. The third-order valence-electron chi connectivity index (χ3n) is 5.99. The lowest BCUT2D eigenvalue weighted by Crippen LogP contribution is -2.49. The summed E-state index contributed by atoms with van der Waals surface area (Å²) in [6.07, 6.45) is 3.25. The van der Waals surface area contributed by atoms with Crippen molar-refractivity contribution in [1.82, 2.24) is 14.2 Å². The fourth-order valence-corrected chi connectivity index (χ4v) is 4.77. The van der Waals surface area contributed by atoms with Gasteiger partial charge in [0.2, 0.25) is 0 Å². The van der Waals surface area contributed by atoms with Gasteiger partial charge in [0.25, 0.3) is 5.91 Å². The molecule has 1 fully saturated rings. The van der Waals surface area contributed by atoms with Crippen molar-refractivity contribution in [3.8, 4) is 11.1 Å². The van der Waals surface area contributed by atoms with Gasteiger partial charge >= 0.3 is 0 Å². The minimum atomic E-state index is -1.05. The van der Waals surface area contributed by atoms with Crippen LogP contribution in [0.3, 0.4) is 0 Å². The molecule has 3 aromatic rings. The van der Waals surface area contributed by atoms with Gasteiger partial charge in [-0.2, -0.15) is 0 Å². The molecule has 1 unspecified atom stereocenters. The lowest BCUT2D eigenvalue weighted by atomic mass is 9.85. The normalized spacial score (nSPS) is 16.3. The monoisotopic (exact) mass is 453 g/mol. The summed E-state index contributed by atoms with van der Waals surface area (Å²) >= 11 is 0. The number of halogens is 1. The Bertz CT molecular complexity index is 1180. The first-order valence-corrected chi connectivity index (χ1v) is 12.2. The number of hydrogen-bond donors (Lipinski definition) is 0. The highest BCUT2D eigenvalue weighted by atomic mass is 32.2. The van der Waals surface area contributed by atoms with E-state index in [4.69, 9.17) is 0 Å². The van der Waals surface area contributed by atoms with Gasteiger partial charge in [-0.3, -0.25) is 9.78 Å². The van der Waals surface area contributed by atoms with Gasteiger partial charge in [0.05, 0.1) is 22.1 Å². The fourth-order valence-electron chi connectivity index (χ4n) is 4.09. The number of amides is 1. The van der Waals surface area contributed by atoms with Crippen molar-refractivity contribution in [2.24, 2.45) is 0 Å². The van der Waals surface area contributed by atoms with E-state index < -0.39 is 11.0 Å². The third-order valence-corrected chi connectivity index (χ3v) is 7.08. The summed E-state index contributed by atoms with van der Waals surface area (Å²) in [6, 6.07) is 12.6. The highest BCUT2D eigenvalue weighted by Crippen LogP contribution is 2.34. The molecule has 0 N–H and O–H groups in total. The zero-order valence-electron chi connectivity index (χ0n) is 18.9. The van der Waals surface area contributed by atoms with Gasteiger partial charge in [0.1, 0.15) is 5.82 Å². The SMILES string of the molecule is CS(=O)N1CCN(C(=O)c2cnc3ccc(F)cc3c2-c2ccc(C(C)(C)C)cc2)CC1. The third kappa shape index (κ3) is 4.45. The Labute approximate surface area is 190 Å². The van der Waals surface area contributed by atoms with Gasteiger partial charge in [0.15, 0.2) is 0 Å². The lowest BCUT2D eigenvalue weighted by Gasteiger charge is -2.33. The molecule has 2 aromatic carbocycles. The second-order valence-corrected chi connectivity index (χ2v) is 10.5. The smallest absolute Gasteiger partial charge is 0.256 e. The van der Waals surface area contributed by atoms with Crippen molar-refractivity contribution in [1.29, 1.82) is 0 Å². The summed E-state index contributed by atoms with van der Waals surface area (Å²) in [7, 11) is -1.05. The van der Waals surface area contributed by atoms with E-state index in [-0.39, 0.29) is 17.1 Å². The van der Waals surface area contributed by atoms with Crippen LogP contribution < -0.4 is 0 Å². The molecule has 1 aliphatic heterocycles. The van der Waals surface area contributed by atoms with Crippen LogP contribution in [-0.4, -0.2) is 56.7 Å². The molecule has 32 heavy (non-hydrogen) atoms. The number of pyridine rings is 1. The van der Waals surface area contributed by atoms with E-state index in [0.717, 1.165) is 5.56 Å². The van der Waals surface area contributed by atoms with Crippen LogP contribution in [0.5, 0.6) is 0 Å². The van der Waals surface area contributed by atoms with Gasteiger partial charge < -0.3 is 4.90 Å². The first kappa shape index (κ1) is 22.6. The van der Waals surface area contributed by atoms with Crippen LogP contribution in [0.2, 0.25) is 0 Å². The summed E-state index contributed by atoms with van der Waals surface area (Å²) in [4.78, 5) is 19.7. The molecule has 5 nitrogen and oxygen atoms in total. The molecule has 1 atom stereocenters. The van der Waals surface area contributed by atoms with E-state index in [1.807, 2.05) is 16.4 Å². The highest BCUT2D eigenvalue weighted by Gasteiger charge is 2.27. The van der Waals surface area contributed by atoms with Crippen LogP contribution in [-0.2, 0) is 16.4 Å². The van der Waals surface area contributed by atoms with Crippen molar-refractivity contribution in [3.05, 3.63) is 65.6 Å². The number of nitrogens with zero attached hydrogens (tertiary/aromatic N) is 3. The molecule has 0 bridgehead atoms. The average Bonchev–Trinajstić information content (AvgIpc) is 2.77. The number of rotatable bonds is 3. The molecule has 1 aromatic heterocycles. The first-order valence-electron chi connectivity index (χ1n) is 10.7. The summed E-state index contributed by atoms with van der Waals surface area (Å²) in [5, 5.41) is 0.618. The molecule has 0 saturated carbocycles. The Morgan fingerprint density at radius 2 is 1.69 bits per heavy atom. The Morgan fingerprint density at radius 1 is 1.03 bits per heavy atom. The summed E-state index contributed by atoms with van der Waals surface area (Å²) in [5.41, 5.74) is 3.83. The number of fused-ring (bicyclic) bond motifs is 1. The molecular formula is C25H28FN3O2S. The minimum absolute atomic E-state index is 0.00262. The largest absolute Gasteiger partial charge is 0.336 e. The van der Waals surface area contributed by atoms with Crippen LogP contribution in [0, 0.1) is 5.82 Å². The lowest BCUT2D eigenvalue weighted by molar-refractivity contribution is 0.0701. The van der Waals surface area contributed by atoms with E-state index in [1.54, 1.807) is 23.4 Å². The quantitative estimate of drug-likeness (QED) is 0.591. The predicted octanol–water partition coefficient (Wildman–Crippen LogP) is 4.39. The highest BCUT2D eigenvalue weighted by molar-refractivity contribution is 7.81.